The minimum absolute atomic E-state index is 0.0159. The van der Waals surface area contributed by atoms with Crippen molar-refractivity contribution in [3.8, 4) is 0 Å². The Morgan fingerprint density at radius 1 is 1.31 bits per heavy atom. The Morgan fingerprint density at radius 3 is 2.44 bits per heavy atom. The quantitative estimate of drug-likeness (QED) is 0.825. The predicted molar refractivity (Wildman–Crippen MR) is 64.0 cm³/mol. The molecule has 0 amide bonds. The molecule has 0 aliphatic carbocycles. The Kier molecular flexibility index (Phi) is 4.44. The molecule has 0 radical (unpaired) electrons. The topological polar surface area (TPSA) is 46.2 Å². The first-order valence-electron chi connectivity index (χ1n) is 5.60. The molecule has 2 unspecified atom stereocenters. The van der Waals surface area contributed by atoms with Crippen molar-refractivity contribution in [2.75, 3.05) is 6.54 Å². The highest BCUT2D eigenvalue weighted by molar-refractivity contribution is 5.33. The highest BCUT2D eigenvalue weighted by Gasteiger charge is 2.15. The minimum atomic E-state index is -0.559. The summed E-state index contributed by atoms with van der Waals surface area (Å²) in [6.07, 6.45) is -0.0633. The Morgan fingerprint density at radius 2 is 1.88 bits per heavy atom. The molecule has 0 bridgehead atoms. The summed E-state index contributed by atoms with van der Waals surface area (Å²) in [7, 11) is 0. The van der Waals surface area contributed by atoms with Crippen molar-refractivity contribution in [1.29, 1.82) is 0 Å². The van der Waals surface area contributed by atoms with Gasteiger partial charge in [0.25, 0.3) is 0 Å². The smallest absolute Gasteiger partial charge is 0.126 e. The van der Waals surface area contributed by atoms with E-state index in [0.717, 1.165) is 11.1 Å². The molecule has 0 saturated carbocycles. The number of halogens is 1. The third-order valence-electron chi connectivity index (χ3n) is 3.04. The summed E-state index contributed by atoms with van der Waals surface area (Å²) >= 11 is 0. The number of aliphatic hydroxyl groups is 1. The molecule has 0 aromatic heterocycles. The highest BCUT2D eigenvalue weighted by atomic mass is 19.1. The van der Waals surface area contributed by atoms with Crippen molar-refractivity contribution < 1.29 is 9.50 Å². The number of nitrogens with two attached hydrogens (primary N) is 1. The van der Waals surface area contributed by atoms with Gasteiger partial charge in [0, 0.05) is 6.54 Å². The van der Waals surface area contributed by atoms with Crippen LogP contribution in [0, 0.1) is 19.7 Å². The predicted octanol–water partition coefficient (Wildman–Crippen LogP) is 2.26. The molecule has 1 aromatic rings. The fraction of sp³-hybridized carbons (Fsp3) is 0.538. The largest absolute Gasteiger partial charge is 0.392 e. The summed E-state index contributed by atoms with van der Waals surface area (Å²) in [5.41, 5.74) is 8.04. The lowest BCUT2D eigenvalue weighted by atomic mass is 9.92. The Labute approximate surface area is 96.3 Å². The maximum Gasteiger partial charge on any atom is 0.126 e. The van der Waals surface area contributed by atoms with Gasteiger partial charge < -0.3 is 10.8 Å². The van der Waals surface area contributed by atoms with Crippen LogP contribution in [-0.2, 0) is 0 Å². The number of rotatable bonds is 4. The zero-order chi connectivity index (χ0) is 12.3. The lowest BCUT2D eigenvalue weighted by Gasteiger charge is -2.17. The molecular weight excluding hydrogens is 205 g/mol. The van der Waals surface area contributed by atoms with E-state index in [1.165, 1.54) is 0 Å². The average Bonchev–Trinajstić information content (AvgIpc) is 2.23. The molecule has 0 saturated heterocycles. The molecule has 3 heteroatoms. The molecule has 0 aliphatic rings. The fourth-order valence-electron chi connectivity index (χ4n) is 1.81. The van der Waals surface area contributed by atoms with Gasteiger partial charge in [0.05, 0.1) is 6.10 Å². The van der Waals surface area contributed by atoms with Crippen LogP contribution < -0.4 is 5.73 Å². The monoisotopic (exact) mass is 225 g/mol. The van der Waals surface area contributed by atoms with E-state index in [1.54, 1.807) is 6.07 Å². The number of hydrogen-bond acceptors (Lipinski definition) is 2. The van der Waals surface area contributed by atoms with E-state index < -0.39 is 6.10 Å². The maximum atomic E-state index is 13.7. The lowest BCUT2D eigenvalue weighted by molar-refractivity contribution is 0.164. The number of aryl methyl sites for hydroxylation is 2. The molecular formula is C13H20FNO. The Hall–Kier alpha value is -0.930. The minimum Gasteiger partial charge on any atom is -0.392 e. The van der Waals surface area contributed by atoms with Gasteiger partial charge in [0.2, 0.25) is 0 Å². The van der Waals surface area contributed by atoms with Gasteiger partial charge in [-0.3, -0.25) is 0 Å². The summed E-state index contributed by atoms with van der Waals surface area (Å²) in [5.74, 6) is -0.210. The van der Waals surface area contributed by atoms with E-state index in [9.17, 15) is 9.50 Å². The summed E-state index contributed by atoms with van der Waals surface area (Å²) in [6, 6.07) is 3.41. The van der Waals surface area contributed by atoms with Gasteiger partial charge in [0.1, 0.15) is 5.82 Å². The van der Waals surface area contributed by atoms with Crippen molar-refractivity contribution in [3.05, 3.63) is 34.6 Å². The van der Waals surface area contributed by atoms with Crippen LogP contribution in [0.2, 0.25) is 0 Å². The summed E-state index contributed by atoms with van der Waals surface area (Å²) in [4.78, 5) is 0. The Balaban J connectivity index is 2.91. The molecule has 0 spiro atoms. The molecule has 16 heavy (non-hydrogen) atoms. The molecule has 3 N–H and O–H groups in total. The van der Waals surface area contributed by atoms with Gasteiger partial charge in [-0.25, -0.2) is 4.39 Å². The fourth-order valence-corrected chi connectivity index (χ4v) is 1.81. The number of benzene rings is 1. The van der Waals surface area contributed by atoms with E-state index in [4.69, 9.17) is 5.73 Å². The first kappa shape index (κ1) is 13.1. The Bertz CT molecular complexity index is 365. The van der Waals surface area contributed by atoms with E-state index >= 15 is 0 Å². The molecule has 0 fully saturated rings. The van der Waals surface area contributed by atoms with Crippen LogP contribution in [0.5, 0.6) is 0 Å². The van der Waals surface area contributed by atoms with Crippen molar-refractivity contribution in [3.63, 3.8) is 0 Å². The summed E-state index contributed by atoms with van der Waals surface area (Å²) < 4.78 is 13.7. The summed E-state index contributed by atoms with van der Waals surface area (Å²) in [5, 5.41) is 9.46. The van der Waals surface area contributed by atoms with Crippen LogP contribution in [0.15, 0.2) is 12.1 Å². The van der Waals surface area contributed by atoms with Crippen molar-refractivity contribution in [1.82, 2.24) is 0 Å². The van der Waals surface area contributed by atoms with Crippen LogP contribution in [0.3, 0.4) is 0 Å². The van der Waals surface area contributed by atoms with E-state index in [-0.39, 0.29) is 18.3 Å². The second kappa shape index (κ2) is 5.41. The van der Waals surface area contributed by atoms with Gasteiger partial charge in [0.15, 0.2) is 0 Å². The number of aliphatic hydroxyl groups excluding tert-OH is 1. The molecule has 2 nitrogen and oxygen atoms in total. The normalized spacial score (nSPS) is 14.9. The van der Waals surface area contributed by atoms with Gasteiger partial charge in [-0.1, -0.05) is 13.0 Å². The maximum absolute atomic E-state index is 13.7. The van der Waals surface area contributed by atoms with Crippen molar-refractivity contribution in [2.45, 2.75) is 39.2 Å². The molecule has 1 aromatic carbocycles. The first-order chi connectivity index (χ1) is 7.45. The second-order valence-corrected chi connectivity index (χ2v) is 4.48. The van der Waals surface area contributed by atoms with Crippen LogP contribution in [0.4, 0.5) is 4.39 Å². The molecule has 0 aliphatic heterocycles. The van der Waals surface area contributed by atoms with Crippen LogP contribution in [-0.4, -0.2) is 17.8 Å². The lowest BCUT2D eigenvalue weighted by Crippen LogP contribution is -2.21. The zero-order valence-electron chi connectivity index (χ0n) is 10.1. The zero-order valence-corrected chi connectivity index (χ0v) is 10.1. The van der Waals surface area contributed by atoms with Gasteiger partial charge >= 0.3 is 0 Å². The second-order valence-electron chi connectivity index (χ2n) is 4.48. The SMILES string of the molecule is Cc1cc(F)c(C(C)CC(O)CN)cc1C. The molecule has 2 atom stereocenters. The van der Waals surface area contributed by atoms with E-state index in [0.29, 0.717) is 12.0 Å². The molecule has 0 heterocycles. The van der Waals surface area contributed by atoms with Crippen molar-refractivity contribution in [2.24, 2.45) is 5.73 Å². The average molecular weight is 225 g/mol. The van der Waals surface area contributed by atoms with Crippen LogP contribution in [0.1, 0.15) is 36.0 Å². The first-order valence-corrected chi connectivity index (χ1v) is 5.60. The van der Waals surface area contributed by atoms with Gasteiger partial charge in [-0.2, -0.15) is 0 Å². The van der Waals surface area contributed by atoms with Crippen LogP contribution >= 0.6 is 0 Å². The number of hydrogen-bond donors (Lipinski definition) is 2. The third-order valence-corrected chi connectivity index (χ3v) is 3.04. The standard InChI is InChI=1S/C13H20FNO/c1-8-5-12(13(14)6-9(8)2)10(3)4-11(16)7-15/h5-6,10-11,16H,4,7,15H2,1-3H3. The highest BCUT2D eigenvalue weighted by Crippen LogP contribution is 2.25. The van der Waals surface area contributed by atoms with Gasteiger partial charge in [-0.15, -0.1) is 0 Å². The van der Waals surface area contributed by atoms with Crippen molar-refractivity contribution >= 4 is 0 Å². The van der Waals surface area contributed by atoms with Crippen LogP contribution in [0.25, 0.3) is 0 Å². The van der Waals surface area contributed by atoms with E-state index in [2.05, 4.69) is 0 Å². The van der Waals surface area contributed by atoms with E-state index in [1.807, 2.05) is 26.8 Å². The molecule has 1 rings (SSSR count). The third kappa shape index (κ3) is 3.03. The van der Waals surface area contributed by atoms with Gasteiger partial charge in [-0.05, 0) is 48.9 Å². The molecule has 90 valence electrons. The summed E-state index contributed by atoms with van der Waals surface area (Å²) in [6.45, 7) is 5.98.